The van der Waals surface area contributed by atoms with Crippen molar-refractivity contribution in [3.63, 3.8) is 0 Å². The summed E-state index contributed by atoms with van der Waals surface area (Å²) in [7, 11) is 0. The van der Waals surface area contributed by atoms with Gasteiger partial charge in [0.2, 0.25) is 5.13 Å². The fourth-order valence-corrected chi connectivity index (χ4v) is 2.58. The molecule has 6 nitrogen and oxygen atoms in total. The fraction of sp³-hybridized carbons (Fsp3) is 0.286. The Kier molecular flexibility index (Phi) is 5.79. The molecule has 0 aliphatic carbocycles. The van der Waals surface area contributed by atoms with Gasteiger partial charge in [0.15, 0.2) is 5.11 Å². The van der Waals surface area contributed by atoms with E-state index in [0.29, 0.717) is 23.1 Å². The second kappa shape index (κ2) is 7.81. The van der Waals surface area contributed by atoms with Crippen LogP contribution in [0.2, 0.25) is 0 Å². The van der Waals surface area contributed by atoms with Gasteiger partial charge in [0.05, 0.1) is 6.61 Å². The predicted molar refractivity (Wildman–Crippen MR) is 90.6 cm³/mol. The molecule has 0 aliphatic rings. The van der Waals surface area contributed by atoms with Gasteiger partial charge in [0.1, 0.15) is 10.8 Å². The van der Waals surface area contributed by atoms with Gasteiger partial charge in [-0.1, -0.05) is 24.3 Å². The quantitative estimate of drug-likeness (QED) is 0.818. The highest BCUT2D eigenvalue weighted by atomic mass is 32.1. The van der Waals surface area contributed by atoms with Gasteiger partial charge in [-0.2, -0.15) is 0 Å². The smallest absolute Gasteiger partial charge is 0.257 e. The van der Waals surface area contributed by atoms with Crippen molar-refractivity contribution in [2.24, 2.45) is 0 Å². The summed E-state index contributed by atoms with van der Waals surface area (Å²) in [6, 6.07) is 6.92. The van der Waals surface area contributed by atoms with E-state index < -0.39 is 0 Å². The van der Waals surface area contributed by atoms with Crippen molar-refractivity contribution in [1.82, 2.24) is 15.5 Å². The summed E-state index contributed by atoms with van der Waals surface area (Å²) in [6.45, 7) is 4.43. The lowest BCUT2D eigenvalue weighted by Gasteiger charge is -2.08. The van der Waals surface area contributed by atoms with Crippen molar-refractivity contribution < 1.29 is 9.53 Å². The number of hydrogen-bond donors (Lipinski definition) is 2. The SMILES string of the molecule is CCOc1cccc(C(=O)NC(=S)Nc2nnc(CC)s2)c1. The lowest BCUT2D eigenvalue weighted by atomic mass is 10.2. The van der Waals surface area contributed by atoms with Gasteiger partial charge in [-0.15, -0.1) is 10.2 Å². The summed E-state index contributed by atoms with van der Waals surface area (Å²) in [5.41, 5.74) is 0.474. The van der Waals surface area contributed by atoms with E-state index in [4.69, 9.17) is 17.0 Å². The number of amides is 1. The molecule has 0 bridgehead atoms. The summed E-state index contributed by atoms with van der Waals surface area (Å²) in [5.74, 6) is 0.338. The van der Waals surface area contributed by atoms with Gasteiger partial charge < -0.3 is 10.1 Å². The van der Waals surface area contributed by atoms with Gasteiger partial charge in [0, 0.05) is 5.56 Å². The molecule has 2 rings (SSSR count). The Labute approximate surface area is 137 Å². The maximum absolute atomic E-state index is 12.1. The minimum Gasteiger partial charge on any atom is -0.494 e. The second-order valence-electron chi connectivity index (χ2n) is 4.22. The number of carbonyl (C=O) groups excluding carboxylic acids is 1. The molecule has 1 aromatic carbocycles. The maximum Gasteiger partial charge on any atom is 0.257 e. The molecule has 0 fully saturated rings. The lowest BCUT2D eigenvalue weighted by molar-refractivity contribution is 0.0977. The largest absolute Gasteiger partial charge is 0.494 e. The Hall–Kier alpha value is -2.06. The van der Waals surface area contributed by atoms with Crippen LogP contribution in [0.3, 0.4) is 0 Å². The van der Waals surface area contributed by atoms with Crippen LogP contribution in [0.15, 0.2) is 24.3 Å². The van der Waals surface area contributed by atoms with Crippen LogP contribution >= 0.6 is 23.6 Å². The highest BCUT2D eigenvalue weighted by molar-refractivity contribution is 7.80. The molecule has 0 aliphatic heterocycles. The van der Waals surface area contributed by atoms with Crippen LogP contribution in [0.1, 0.15) is 29.2 Å². The number of nitrogens with one attached hydrogen (secondary N) is 2. The molecule has 0 unspecified atom stereocenters. The minimum atomic E-state index is -0.306. The van der Waals surface area contributed by atoms with Crippen LogP contribution < -0.4 is 15.4 Å². The number of hydrogen-bond acceptors (Lipinski definition) is 6. The molecular formula is C14H16N4O2S2. The molecule has 8 heteroatoms. The number of aromatic nitrogens is 2. The Balaban J connectivity index is 1.95. The topological polar surface area (TPSA) is 76.1 Å². The molecule has 1 aromatic heterocycles. The average Bonchev–Trinajstić information content (AvgIpc) is 2.95. The second-order valence-corrected chi connectivity index (χ2v) is 5.69. The number of ether oxygens (including phenoxy) is 1. The van der Waals surface area contributed by atoms with Crippen LogP contribution in [0, 0.1) is 0 Å². The molecule has 2 N–H and O–H groups in total. The third kappa shape index (κ3) is 4.47. The predicted octanol–water partition coefficient (Wildman–Crippen LogP) is 2.63. The number of nitrogens with zero attached hydrogens (tertiary/aromatic N) is 2. The third-order valence-electron chi connectivity index (χ3n) is 2.62. The summed E-state index contributed by atoms with van der Waals surface area (Å²) >= 11 is 6.51. The normalized spacial score (nSPS) is 10.1. The molecule has 1 amide bonds. The first kappa shape index (κ1) is 16.3. The van der Waals surface area contributed by atoms with Crippen molar-refractivity contribution in [1.29, 1.82) is 0 Å². The van der Waals surface area contributed by atoms with E-state index in [9.17, 15) is 4.79 Å². The van der Waals surface area contributed by atoms with Crippen LogP contribution in [0.4, 0.5) is 5.13 Å². The van der Waals surface area contributed by atoms with Crippen LogP contribution in [-0.2, 0) is 6.42 Å². The molecule has 0 atom stereocenters. The first-order chi connectivity index (χ1) is 10.6. The molecule has 22 heavy (non-hydrogen) atoms. The van der Waals surface area contributed by atoms with Gasteiger partial charge in [-0.3, -0.25) is 10.1 Å². The fourth-order valence-electron chi connectivity index (χ4n) is 1.64. The minimum absolute atomic E-state index is 0.186. The van der Waals surface area contributed by atoms with E-state index in [1.54, 1.807) is 24.3 Å². The lowest BCUT2D eigenvalue weighted by Crippen LogP contribution is -2.34. The summed E-state index contributed by atoms with van der Waals surface area (Å²) < 4.78 is 5.37. The number of aryl methyl sites for hydroxylation is 1. The zero-order valence-electron chi connectivity index (χ0n) is 12.3. The highest BCUT2D eigenvalue weighted by Crippen LogP contribution is 2.16. The van der Waals surface area contributed by atoms with Crippen LogP contribution in [-0.4, -0.2) is 27.8 Å². The van der Waals surface area contributed by atoms with Gasteiger partial charge in [-0.05, 0) is 43.8 Å². The zero-order valence-corrected chi connectivity index (χ0v) is 13.9. The Bertz CT molecular complexity index is 672. The van der Waals surface area contributed by atoms with E-state index in [2.05, 4.69) is 20.8 Å². The van der Waals surface area contributed by atoms with E-state index in [0.717, 1.165) is 11.4 Å². The number of anilines is 1. The number of carbonyl (C=O) groups is 1. The van der Waals surface area contributed by atoms with Crippen LogP contribution in [0.5, 0.6) is 5.75 Å². The number of rotatable bonds is 5. The van der Waals surface area contributed by atoms with Crippen molar-refractivity contribution >= 4 is 39.7 Å². The molecular weight excluding hydrogens is 320 g/mol. The standard InChI is InChI=1S/C14H16N4O2S2/c1-3-11-17-18-14(22-11)16-13(21)15-12(19)9-6-5-7-10(8-9)20-4-2/h5-8H,3-4H2,1-2H3,(H2,15,16,18,19,21). The number of thiocarbonyl (C=S) groups is 1. The summed E-state index contributed by atoms with van der Waals surface area (Å²) in [6.07, 6.45) is 0.808. The van der Waals surface area contributed by atoms with E-state index in [1.807, 2.05) is 13.8 Å². The first-order valence-electron chi connectivity index (χ1n) is 6.80. The van der Waals surface area contributed by atoms with Crippen molar-refractivity contribution in [3.8, 4) is 5.75 Å². The van der Waals surface area contributed by atoms with Gasteiger partial charge in [0.25, 0.3) is 5.91 Å². The Morgan fingerprint density at radius 3 is 2.86 bits per heavy atom. The highest BCUT2D eigenvalue weighted by Gasteiger charge is 2.10. The third-order valence-corrected chi connectivity index (χ3v) is 3.81. The molecule has 116 valence electrons. The Morgan fingerprint density at radius 2 is 2.18 bits per heavy atom. The van der Waals surface area contributed by atoms with E-state index in [-0.39, 0.29) is 11.0 Å². The van der Waals surface area contributed by atoms with E-state index in [1.165, 1.54) is 11.3 Å². The Morgan fingerprint density at radius 1 is 1.36 bits per heavy atom. The number of benzene rings is 1. The summed E-state index contributed by atoms with van der Waals surface area (Å²) in [5, 5.41) is 15.0. The molecule has 2 aromatic rings. The maximum atomic E-state index is 12.1. The zero-order chi connectivity index (χ0) is 15.9. The van der Waals surface area contributed by atoms with Crippen molar-refractivity contribution in [2.75, 3.05) is 11.9 Å². The molecule has 0 saturated carbocycles. The molecule has 0 radical (unpaired) electrons. The summed E-state index contributed by atoms with van der Waals surface area (Å²) in [4.78, 5) is 12.1. The van der Waals surface area contributed by atoms with Crippen molar-refractivity contribution in [2.45, 2.75) is 20.3 Å². The van der Waals surface area contributed by atoms with Crippen molar-refractivity contribution in [3.05, 3.63) is 34.8 Å². The monoisotopic (exact) mass is 336 g/mol. The van der Waals surface area contributed by atoms with E-state index >= 15 is 0 Å². The average molecular weight is 336 g/mol. The molecule has 1 heterocycles. The molecule has 0 spiro atoms. The van der Waals surface area contributed by atoms with Gasteiger partial charge >= 0.3 is 0 Å². The van der Waals surface area contributed by atoms with Crippen LogP contribution in [0.25, 0.3) is 0 Å². The molecule has 0 saturated heterocycles. The first-order valence-corrected chi connectivity index (χ1v) is 8.02. The van der Waals surface area contributed by atoms with Gasteiger partial charge in [-0.25, -0.2) is 0 Å².